The van der Waals surface area contributed by atoms with Crippen molar-refractivity contribution in [2.24, 2.45) is 0 Å². The maximum absolute atomic E-state index is 12.5. The summed E-state index contributed by atoms with van der Waals surface area (Å²) in [6.45, 7) is 1.53. The molecular formula is C7H9BrF4O2. The lowest BCUT2D eigenvalue weighted by Crippen LogP contribution is -2.35. The van der Waals surface area contributed by atoms with E-state index in [2.05, 4.69) is 4.74 Å². The number of ether oxygens (including phenoxy) is 1. The highest BCUT2D eigenvalue weighted by Crippen LogP contribution is 2.42. The van der Waals surface area contributed by atoms with Crippen LogP contribution in [0.3, 0.4) is 0 Å². The van der Waals surface area contributed by atoms with Crippen molar-refractivity contribution in [3.05, 3.63) is 0 Å². The monoisotopic (exact) mass is 280 g/mol. The van der Waals surface area contributed by atoms with E-state index in [9.17, 15) is 22.4 Å². The van der Waals surface area contributed by atoms with Gasteiger partial charge in [-0.1, -0.05) is 0 Å². The molecule has 0 N–H and O–H groups in total. The van der Waals surface area contributed by atoms with Gasteiger partial charge in [-0.2, -0.15) is 17.6 Å². The van der Waals surface area contributed by atoms with Crippen molar-refractivity contribution in [1.82, 2.24) is 0 Å². The van der Waals surface area contributed by atoms with Crippen LogP contribution in [-0.2, 0) is 9.53 Å². The quantitative estimate of drug-likeness (QED) is 0.440. The van der Waals surface area contributed by atoms with Crippen LogP contribution in [0.1, 0.15) is 19.8 Å². The molecule has 0 fully saturated rings. The molecule has 0 saturated heterocycles. The average molecular weight is 281 g/mol. The Labute approximate surface area is 86.7 Å². The fourth-order valence-corrected chi connectivity index (χ4v) is 0.832. The third-order valence-electron chi connectivity index (χ3n) is 1.36. The van der Waals surface area contributed by atoms with Gasteiger partial charge >= 0.3 is 16.7 Å². The Morgan fingerprint density at radius 3 is 2.21 bits per heavy atom. The number of esters is 1. The molecule has 0 aromatic rings. The summed E-state index contributed by atoms with van der Waals surface area (Å²) in [4.78, 5) is 6.30. The summed E-state index contributed by atoms with van der Waals surface area (Å²) in [5, 5.41) is 0. The van der Waals surface area contributed by atoms with Gasteiger partial charge in [-0.25, -0.2) is 0 Å². The summed E-state index contributed by atoms with van der Waals surface area (Å²) in [7, 11) is 0. The van der Waals surface area contributed by atoms with Crippen LogP contribution in [0, 0.1) is 0 Å². The predicted octanol–water partition coefficient (Wildman–Crippen LogP) is 2.95. The van der Waals surface area contributed by atoms with Gasteiger partial charge in [0.2, 0.25) is 0 Å². The first-order chi connectivity index (χ1) is 6.20. The third kappa shape index (κ3) is 4.26. The summed E-state index contributed by atoms with van der Waals surface area (Å²) in [6.07, 6.45) is -1.98. The second-order valence-electron chi connectivity index (χ2n) is 2.51. The summed E-state index contributed by atoms with van der Waals surface area (Å²) in [5.74, 6) is -5.16. The van der Waals surface area contributed by atoms with Crippen LogP contribution in [0.5, 0.6) is 0 Å². The van der Waals surface area contributed by atoms with E-state index in [0.717, 1.165) is 0 Å². The molecule has 7 heteroatoms. The van der Waals surface area contributed by atoms with Gasteiger partial charge in [-0.05, 0) is 22.9 Å². The normalized spacial score (nSPS) is 12.7. The van der Waals surface area contributed by atoms with Gasteiger partial charge < -0.3 is 4.74 Å². The van der Waals surface area contributed by atoms with E-state index in [4.69, 9.17) is 0 Å². The fourth-order valence-electron chi connectivity index (χ4n) is 0.634. The molecule has 0 aliphatic heterocycles. The minimum atomic E-state index is -4.30. The van der Waals surface area contributed by atoms with Crippen molar-refractivity contribution in [2.75, 3.05) is 6.61 Å². The summed E-state index contributed by atoms with van der Waals surface area (Å²) in [6, 6.07) is 0. The van der Waals surface area contributed by atoms with E-state index in [-0.39, 0.29) is 6.61 Å². The summed E-state index contributed by atoms with van der Waals surface area (Å²) in [5.41, 5.74) is 0. The fraction of sp³-hybridized carbons (Fsp3) is 0.857. The number of hydrogen-bond acceptors (Lipinski definition) is 2. The van der Waals surface area contributed by atoms with E-state index in [0.29, 0.717) is 0 Å². The van der Waals surface area contributed by atoms with Crippen LogP contribution >= 0.6 is 15.9 Å². The lowest BCUT2D eigenvalue weighted by Gasteiger charge is -2.20. The highest BCUT2D eigenvalue weighted by atomic mass is 79.9. The maximum Gasteiger partial charge on any atom is 0.363 e. The molecular weight excluding hydrogens is 272 g/mol. The zero-order valence-corrected chi connectivity index (χ0v) is 8.91. The minimum Gasteiger partial charge on any atom is -0.466 e. The Bertz CT molecular complexity index is 202. The zero-order valence-electron chi connectivity index (χ0n) is 7.33. The van der Waals surface area contributed by atoms with Gasteiger partial charge in [0.25, 0.3) is 0 Å². The number of alkyl halides is 5. The van der Waals surface area contributed by atoms with Crippen LogP contribution in [-0.4, -0.2) is 23.3 Å². The smallest absolute Gasteiger partial charge is 0.363 e. The van der Waals surface area contributed by atoms with Crippen molar-refractivity contribution in [3.8, 4) is 0 Å². The van der Waals surface area contributed by atoms with Gasteiger partial charge in [0.1, 0.15) is 0 Å². The molecule has 0 bridgehead atoms. The van der Waals surface area contributed by atoms with E-state index in [1.54, 1.807) is 15.9 Å². The largest absolute Gasteiger partial charge is 0.466 e. The lowest BCUT2D eigenvalue weighted by atomic mass is 10.2. The molecule has 0 unspecified atom stereocenters. The first-order valence-corrected chi connectivity index (χ1v) is 4.60. The molecule has 14 heavy (non-hydrogen) atoms. The van der Waals surface area contributed by atoms with Gasteiger partial charge in [-0.3, -0.25) is 4.79 Å². The molecule has 0 atom stereocenters. The third-order valence-corrected chi connectivity index (χ3v) is 1.94. The van der Waals surface area contributed by atoms with E-state index in [1.807, 2.05) is 0 Å². The molecule has 0 saturated carbocycles. The zero-order chi connectivity index (χ0) is 11.4. The number of hydrogen-bond donors (Lipinski definition) is 0. The SMILES string of the molecule is CCOC(=O)CCC(F)(F)C(F)(F)Br. The van der Waals surface area contributed by atoms with Crippen molar-refractivity contribution >= 4 is 21.9 Å². The molecule has 0 aliphatic rings. The molecule has 0 aromatic carbocycles. The van der Waals surface area contributed by atoms with Gasteiger partial charge in [0.05, 0.1) is 13.0 Å². The molecule has 0 aliphatic carbocycles. The molecule has 0 spiro atoms. The Morgan fingerprint density at radius 2 is 1.86 bits per heavy atom. The summed E-state index contributed by atoms with van der Waals surface area (Å²) >= 11 is 1.55. The van der Waals surface area contributed by atoms with E-state index in [1.165, 1.54) is 6.92 Å². The van der Waals surface area contributed by atoms with E-state index >= 15 is 0 Å². The first-order valence-electron chi connectivity index (χ1n) is 3.81. The van der Waals surface area contributed by atoms with Crippen LogP contribution < -0.4 is 0 Å². The molecule has 0 rings (SSSR count). The average Bonchev–Trinajstić information content (AvgIpc) is 1.99. The topological polar surface area (TPSA) is 26.3 Å². The number of rotatable bonds is 5. The standard InChI is InChI=1S/C7H9BrF4O2/c1-2-14-5(13)3-4-6(9,10)7(8,11)12/h2-4H2,1H3. The van der Waals surface area contributed by atoms with Crippen molar-refractivity contribution in [2.45, 2.75) is 30.5 Å². The molecule has 0 radical (unpaired) electrons. The number of carbonyl (C=O) groups excluding carboxylic acids is 1. The highest BCUT2D eigenvalue weighted by Gasteiger charge is 2.53. The van der Waals surface area contributed by atoms with Gasteiger partial charge in [0.15, 0.2) is 0 Å². The highest BCUT2D eigenvalue weighted by molar-refractivity contribution is 9.10. The Kier molecular flexibility index (Phi) is 4.83. The summed E-state index contributed by atoms with van der Waals surface area (Å²) < 4.78 is 53.7. The van der Waals surface area contributed by atoms with Crippen LogP contribution in [0.25, 0.3) is 0 Å². The Morgan fingerprint density at radius 1 is 1.36 bits per heavy atom. The van der Waals surface area contributed by atoms with E-state index < -0.39 is 29.6 Å². The maximum atomic E-state index is 12.5. The molecule has 0 aromatic heterocycles. The Balaban J connectivity index is 4.06. The van der Waals surface area contributed by atoms with Crippen molar-refractivity contribution in [3.63, 3.8) is 0 Å². The van der Waals surface area contributed by atoms with Gasteiger partial charge in [0, 0.05) is 6.42 Å². The number of halogens is 5. The molecule has 0 heterocycles. The lowest BCUT2D eigenvalue weighted by molar-refractivity contribution is -0.162. The van der Waals surface area contributed by atoms with Crippen LogP contribution in [0.4, 0.5) is 17.6 Å². The van der Waals surface area contributed by atoms with Gasteiger partial charge in [-0.15, -0.1) is 0 Å². The van der Waals surface area contributed by atoms with Crippen molar-refractivity contribution < 1.29 is 27.1 Å². The first kappa shape index (κ1) is 13.7. The van der Waals surface area contributed by atoms with Crippen LogP contribution in [0.2, 0.25) is 0 Å². The number of carbonyl (C=O) groups is 1. The Hall–Kier alpha value is -0.330. The second-order valence-corrected chi connectivity index (χ2v) is 3.50. The minimum absolute atomic E-state index is 0.0368. The molecule has 2 nitrogen and oxygen atoms in total. The second kappa shape index (κ2) is 4.95. The van der Waals surface area contributed by atoms with Crippen molar-refractivity contribution in [1.29, 1.82) is 0 Å². The molecule has 0 amide bonds. The predicted molar refractivity (Wildman–Crippen MR) is 44.7 cm³/mol. The molecule has 84 valence electrons. The van der Waals surface area contributed by atoms with Crippen LogP contribution in [0.15, 0.2) is 0 Å².